The Morgan fingerprint density at radius 1 is 1.53 bits per heavy atom. The van der Waals surface area contributed by atoms with Gasteiger partial charge in [-0.25, -0.2) is 4.98 Å². The van der Waals surface area contributed by atoms with Crippen LogP contribution in [-0.4, -0.2) is 30.0 Å². The summed E-state index contributed by atoms with van der Waals surface area (Å²) in [6, 6.07) is 0. The third kappa shape index (κ3) is 3.06. The van der Waals surface area contributed by atoms with Crippen molar-refractivity contribution < 1.29 is 0 Å². The van der Waals surface area contributed by atoms with E-state index in [4.69, 9.17) is 5.73 Å². The quantitative estimate of drug-likeness (QED) is 0.846. The Kier molecular flexibility index (Phi) is 4.17. The minimum absolute atomic E-state index is 0.469. The second-order valence-electron chi connectivity index (χ2n) is 5.41. The third-order valence-corrected chi connectivity index (χ3v) is 5.05. The van der Waals surface area contributed by atoms with E-state index >= 15 is 0 Å². The number of aryl methyl sites for hydroxylation is 1. The Morgan fingerprint density at radius 3 is 2.76 bits per heavy atom. The van der Waals surface area contributed by atoms with Crippen LogP contribution in [0, 0.1) is 12.3 Å². The molecule has 0 amide bonds. The van der Waals surface area contributed by atoms with Crippen molar-refractivity contribution >= 4 is 11.3 Å². The SMILES string of the molecule is Cc1ncsc1CN(C)CCC1(CN)CCC1. The van der Waals surface area contributed by atoms with Gasteiger partial charge in [-0.3, -0.25) is 0 Å². The van der Waals surface area contributed by atoms with Crippen LogP contribution in [0.4, 0.5) is 0 Å². The second kappa shape index (κ2) is 5.46. The van der Waals surface area contributed by atoms with Gasteiger partial charge in [-0.1, -0.05) is 6.42 Å². The lowest BCUT2D eigenvalue weighted by Gasteiger charge is -2.42. The topological polar surface area (TPSA) is 42.2 Å². The molecule has 3 nitrogen and oxygen atoms in total. The molecule has 0 aromatic carbocycles. The first-order valence-electron chi connectivity index (χ1n) is 6.43. The molecule has 1 aliphatic rings. The van der Waals surface area contributed by atoms with Gasteiger partial charge in [0.1, 0.15) is 0 Å². The second-order valence-corrected chi connectivity index (χ2v) is 6.35. The van der Waals surface area contributed by atoms with Gasteiger partial charge >= 0.3 is 0 Å². The molecule has 0 saturated heterocycles. The highest BCUT2D eigenvalue weighted by Gasteiger charge is 2.35. The minimum atomic E-state index is 0.469. The molecule has 1 fully saturated rings. The van der Waals surface area contributed by atoms with Gasteiger partial charge in [0.15, 0.2) is 0 Å². The van der Waals surface area contributed by atoms with Crippen molar-refractivity contribution in [2.75, 3.05) is 20.1 Å². The number of nitrogens with zero attached hydrogens (tertiary/aromatic N) is 2. The van der Waals surface area contributed by atoms with Crippen LogP contribution in [0.1, 0.15) is 36.3 Å². The van der Waals surface area contributed by atoms with Crippen molar-refractivity contribution in [2.24, 2.45) is 11.1 Å². The lowest BCUT2D eigenvalue weighted by molar-refractivity contribution is 0.111. The summed E-state index contributed by atoms with van der Waals surface area (Å²) in [5.41, 5.74) is 9.47. The lowest BCUT2D eigenvalue weighted by Crippen LogP contribution is -2.39. The van der Waals surface area contributed by atoms with Crippen LogP contribution in [0.5, 0.6) is 0 Å². The number of thiazole rings is 1. The van der Waals surface area contributed by atoms with Crippen LogP contribution in [0.25, 0.3) is 0 Å². The molecule has 1 aromatic heterocycles. The van der Waals surface area contributed by atoms with Crippen LogP contribution in [0.3, 0.4) is 0 Å². The Bertz CT molecular complexity index is 352. The maximum Gasteiger partial charge on any atom is 0.0798 e. The average Bonchev–Trinajstić information content (AvgIpc) is 2.64. The molecule has 1 saturated carbocycles. The van der Waals surface area contributed by atoms with Gasteiger partial charge < -0.3 is 10.6 Å². The van der Waals surface area contributed by atoms with Gasteiger partial charge in [0.05, 0.1) is 11.2 Å². The van der Waals surface area contributed by atoms with Crippen LogP contribution >= 0.6 is 11.3 Å². The summed E-state index contributed by atoms with van der Waals surface area (Å²) in [5, 5.41) is 0. The Balaban J connectivity index is 1.78. The number of rotatable bonds is 6. The van der Waals surface area contributed by atoms with Gasteiger partial charge in [0.25, 0.3) is 0 Å². The highest BCUT2D eigenvalue weighted by atomic mass is 32.1. The van der Waals surface area contributed by atoms with Gasteiger partial charge in [-0.2, -0.15) is 0 Å². The van der Waals surface area contributed by atoms with Crippen LogP contribution in [0.2, 0.25) is 0 Å². The zero-order valence-corrected chi connectivity index (χ0v) is 11.7. The predicted molar refractivity (Wildman–Crippen MR) is 73.1 cm³/mol. The smallest absolute Gasteiger partial charge is 0.0798 e. The molecule has 0 bridgehead atoms. The molecule has 2 N–H and O–H groups in total. The fourth-order valence-electron chi connectivity index (χ4n) is 2.46. The average molecular weight is 253 g/mol. The van der Waals surface area contributed by atoms with Crippen molar-refractivity contribution in [3.05, 3.63) is 16.1 Å². The zero-order valence-electron chi connectivity index (χ0n) is 10.9. The molecule has 2 rings (SSSR count). The summed E-state index contributed by atoms with van der Waals surface area (Å²) in [4.78, 5) is 8.08. The third-order valence-electron chi connectivity index (χ3n) is 4.13. The molecule has 0 aliphatic heterocycles. The van der Waals surface area contributed by atoms with Crippen molar-refractivity contribution in [3.8, 4) is 0 Å². The molecule has 1 heterocycles. The van der Waals surface area contributed by atoms with Crippen LogP contribution in [-0.2, 0) is 6.54 Å². The molecule has 1 aliphatic carbocycles. The first-order chi connectivity index (χ1) is 8.15. The molecular weight excluding hydrogens is 230 g/mol. The molecule has 1 aromatic rings. The molecule has 0 spiro atoms. The summed E-state index contributed by atoms with van der Waals surface area (Å²) in [5.74, 6) is 0. The molecule has 4 heteroatoms. The fourth-order valence-corrected chi connectivity index (χ4v) is 3.32. The molecule has 0 atom stereocenters. The van der Waals surface area contributed by atoms with E-state index in [1.165, 1.54) is 36.3 Å². The Labute approximate surface area is 108 Å². The van der Waals surface area contributed by atoms with E-state index in [1.807, 2.05) is 5.51 Å². The van der Waals surface area contributed by atoms with Crippen LogP contribution < -0.4 is 5.73 Å². The summed E-state index contributed by atoms with van der Waals surface area (Å²) >= 11 is 1.76. The Morgan fingerprint density at radius 2 is 2.29 bits per heavy atom. The fraction of sp³-hybridized carbons (Fsp3) is 0.769. The van der Waals surface area contributed by atoms with E-state index in [-0.39, 0.29) is 0 Å². The summed E-state index contributed by atoms with van der Waals surface area (Å²) in [6.07, 6.45) is 5.28. The van der Waals surface area contributed by atoms with Crippen molar-refractivity contribution in [1.29, 1.82) is 0 Å². The summed E-state index contributed by atoms with van der Waals surface area (Å²) in [7, 11) is 2.20. The normalized spacial score (nSPS) is 18.4. The Hall–Kier alpha value is -0.450. The van der Waals surface area contributed by atoms with Gasteiger partial charge in [-0.05, 0) is 51.7 Å². The molecule has 0 unspecified atom stereocenters. The number of nitrogens with two attached hydrogens (primary N) is 1. The van der Waals surface area contributed by atoms with Gasteiger partial charge in [0, 0.05) is 11.4 Å². The van der Waals surface area contributed by atoms with Crippen molar-refractivity contribution in [2.45, 2.75) is 39.2 Å². The molecule has 96 valence electrons. The standard InChI is InChI=1S/C13H23N3S/c1-11-12(17-10-15-11)8-16(2)7-6-13(9-14)4-3-5-13/h10H,3-9,14H2,1-2H3. The zero-order chi connectivity index (χ0) is 12.3. The van der Waals surface area contributed by atoms with Crippen molar-refractivity contribution in [3.63, 3.8) is 0 Å². The minimum Gasteiger partial charge on any atom is -0.330 e. The molecule has 0 radical (unpaired) electrons. The highest BCUT2D eigenvalue weighted by molar-refractivity contribution is 7.09. The van der Waals surface area contributed by atoms with E-state index in [0.29, 0.717) is 5.41 Å². The van der Waals surface area contributed by atoms with Crippen LogP contribution in [0.15, 0.2) is 5.51 Å². The summed E-state index contributed by atoms with van der Waals surface area (Å²) < 4.78 is 0. The lowest BCUT2D eigenvalue weighted by atomic mass is 9.67. The highest BCUT2D eigenvalue weighted by Crippen LogP contribution is 2.42. The van der Waals surface area contributed by atoms with E-state index in [9.17, 15) is 0 Å². The van der Waals surface area contributed by atoms with E-state index in [0.717, 1.165) is 19.6 Å². The maximum atomic E-state index is 5.89. The van der Waals surface area contributed by atoms with E-state index in [1.54, 1.807) is 11.3 Å². The number of aromatic nitrogens is 1. The van der Waals surface area contributed by atoms with Crippen molar-refractivity contribution in [1.82, 2.24) is 9.88 Å². The summed E-state index contributed by atoms with van der Waals surface area (Å²) in [6.45, 7) is 5.12. The monoisotopic (exact) mass is 253 g/mol. The predicted octanol–water partition coefficient (Wildman–Crippen LogP) is 2.40. The number of hydrogen-bond acceptors (Lipinski definition) is 4. The molecule has 17 heavy (non-hydrogen) atoms. The van der Waals surface area contributed by atoms with Gasteiger partial charge in [-0.15, -0.1) is 11.3 Å². The molecular formula is C13H23N3S. The largest absolute Gasteiger partial charge is 0.330 e. The van der Waals surface area contributed by atoms with E-state index in [2.05, 4.69) is 23.9 Å². The van der Waals surface area contributed by atoms with Gasteiger partial charge in [0.2, 0.25) is 0 Å². The van der Waals surface area contributed by atoms with E-state index < -0.39 is 0 Å². The first kappa shape index (κ1) is 13.0. The maximum absolute atomic E-state index is 5.89. The first-order valence-corrected chi connectivity index (χ1v) is 7.31. The number of hydrogen-bond donors (Lipinski definition) is 1.